The molecule has 0 aliphatic heterocycles. The van der Waals surface area contributed by atoms with Gasteiger partial charge in [-0.05, 0) is 0 Å². The monoisotopic (exact) mass is 644 g/mol. The number of rotatable bonds is 6. The molecule has 0 unspecified atom stereocenters. The topological polar surface area (TPSA) is 50.1 Å². The fraction of sp³-hybridized carbons (Fsp3) is 0.818. The van der Waals surface area contributed by atoms with Gasteiger partial charge < -0.3 is 10.5 Å². The minimum atomic E-state index is -0.221. The van der Waals surface area contributed by atoms with E-state index in [2.05, 4.69) is 13.8 Å². The average Bonchev–Trinajstić information content (AvgIpc) is 2.09. The fourth-order valence-electron chi connectivity index (χ4n) is 1.23. The summed E-state index contributed by atoms with van der Waals surface area (Å²) in [5.41, 5.74) is 6.90. The van der Waals surface area contributed by atoms with Crippen LogP contribution in [-0.4, -0.2) is 19.1 Å². The number of carbonyl (C=O) groups excluding carboxylic acids is 1. The first-order valence-electron chi connectivity index (χ1n) is 5.16. The zero-order valence-corrected chi connectivity index (χ0v) is 26.7. The molecule has 0 atom stereocenters. The van der Waals surface area contributed by atoms with Crippen LogP contribution in [0.3, 0.4) is 0 Å². The van der Waals surface area contributed by atoms with E-state index in [9.17, 15) is 4.79 Å². The van der Waals surface area contributed by atoms with Gasteiger partial charge in [0.05, 0.1) is 6.61 Å². The second kappa shape index (κ2) is 25.1. The average molecular weight is 644 g/mol. The van der Waals surface area contributed by atoms with Crippen LogP contribution in [0.5, 0.6) is 0 Å². The van der Waals surface area contributed by atoms with Crippen molar-refractivity contribution >= 4 is 5.97 Å². The Morgan fingerprint density at radius 3 is 1.74 bits per heavy atom. The van der Waals surface area contributed by atoms with Crippen LogP contribution in [0.1, 0.15) is 34.1 Å². The van der Waals surface area contributed by atoms with E-state index in [1.165, 1.54) is 0 Å². The Hall–Kier alpha value is 4.82. The Morgan fingerprint density at radius 1 is 1.05 bits per heavy atom. The summed E-state index contributed by atoms with van der Waals surface area (Å²) in [5.74, 6) is 1.32. The maximum absolute atomic E-state index is 11.5. The zero-order valence-electron chi connectivity index (χ0n) is 12.5. The number of esters is 1. The first-order chi connectivity index (χ1) is 6.49. The first kappa shape index (κ1) is 39.1. The van der Waals surface area contributed by atoms with E-state index in [4.69, 9.17) is 10.5 Å². The molecule has 3 nitrogen and oxygen atoms in total. The Labute approximate surface area is 244 Å². The zero-order chi connectivity index (χ0) is 11.1. The molecule has 0 aliphatic rings. The number of carbonyl (C=O) groups is 1. The van der Waals surface area contributed by atoms with E-state index in [1.807, 2.05) is 13.8 Å². The molecule has 1 N–H and O–H groups in total. The third kappa shape index (κ3) is 22.8. The van der Waals surface area contributed by atoms with Crippen LogP contribution in [0.25, 0.3) is 5.73 Å². The van der Waals surface area contributed by atoms with Gasteiger partial charge in [-0.3, -0.25) is 10.7 Å². The van der Waals surface area contributed by atoms with E-state index in [1.54, 1.807) is 0 Å². The quantitative estimate of drug-likeness (QED) is 0.331. The molecule has 0 saturated carbocycles. The van der Waals surface area contributed by atoms with Crippen molar-refractivity contribution in [3.63, 3.8) is 0 Å². The van der Waals surface area contributed by atoms with Gasteiger partial charge in [0.15, 0.2) is 5.97 Å². The molecule has 0 heterocycles. The van der Waals surface area contributed by atoms with E-state index in [0.29, 0.717) is 5.92 Å². The first-order valence-corrected chi connectivity index (χ1v) is 5.16. The summed E-state index contributed by atoms with van der Waals surface area (Å²) in [4.78, 5) is 11.5. The molecule has 0 rings (SSSR count). The van der Waals surface area contributed by atoms with E-state index in [0.717, 1.165) is 12.3 Å². The summed E-state index contributed by atoms with van der Waals surface area (Å²) in [6.07, 6.45) is 0.786. The van der Waals surface area contributed by atoms with Gasteiger partial charge in [0, 0.05) is 164 Å². The van der Waals surface area contributed by atoms with Crippen LogP contribution in [0, 0.1) is 17.8 Å². The van der Waals surface area contributed by atoms with E-state index >= 15 is 0 Å². The molecule has 0 saturated heterocycles. The van der Waals surface area contributed by atoms with Crippen LogP contribution < -0.4 is 0 Å². The van der Waals surface area contributed by atoms with E-state index in [-0.39, 0.29) is 189 Å². The fourth-order valence-corrected chi connectivity index (χ4v) is 1.23. The van der Waals surface area contributed by atoms with Gasteiger partial charge >= 0.3 is 0 Å². The molecule has 19 heavy (non-hydrogen) atoms. The maximum atomic E-state index is 11.5. The molecule has 0 aliphatic carbocycles. The second-order valence-corrected chi connectivity index (χ2v) is 4.16. The van der Waals surface area contributed by atoms with Crippen LogP contribution in [0.15, 0.2) is 0 Å². The summed E-state index contributed by atoms with van der Waals surface area (Å²) in [6, 6.07) is 0. The Balaban J connectivity index is -0.0000000845. The molecule has 0 amide bonds. The van der Waals surface area contributed by atoms with Crippen LogP contribution in [-0.2, 0) is 173 Å². The van der Waals surface area contributed by atoms with Crippen LogP contribution in [0.2, 0.25) is 0 Å². The van der Waals surface area contributed by atoms with Crippen molar-refractivity contribution in [3.8, 4) is 0 Å². The molecule has 8 heteroatoms. The van der Waals surface area contributed by atoms with Gasteiger partial charge in [0.1, 0.15) is 0 Å². The molecule has 0 bridgehead atoms. The summed E-state index contributed by atoms with van der Waals surface area (Å²) in [6.45, 7) is 8.51. The molecule has 99 valence electrons. The molecule has 0 spiro atoms. The SMILES string of the molecule is CC(C)C[C-](C(=O)OCC[NH-])C(C)C.[Y].[Y].[Y].[Y].[Y]. The Kier molecular flexibility index (Phi) is 51.5. The standard InChI is InChI=1S/C11H21NO2.5Y/c1-8(2)7-10(9(3)4)11(13)14-6-5-12;;;;;/h8-9,12H,5-7H2,1-4H3;;;;;/q-2;;;;;. The molecular weight excluding hydrogens is 623 g/mol. The largest absolute Gasteiger partial charge is 0.675 e. The molecule has 0 fully saturated rings. The number of hydrogen-bond donors (Lipinski definition) is 0. The van der Waals surface area contributed by atoms with Gasteiger partial charge in [0.2, 0.25) is 0 Å². The molecule has 0 aromatic carbocycles. The molecule has 0 aromatic heterocycles. The number of hydrogen-bond acceptors (Lipinski definition) is 2. The predicted octanol–water partition coefficient (Wildman–Crippen LogP) is 2.85. The van der Waals surface area contributed by atoms with Crippen molar-refractivity contribution in [1.29, 1.82) is 0 Å². The van der Waals surface area contributed by atoms with Gasteiger partial charge in [-0.1, -0.05) is 33.6 Å². The van der Waals surface area contributed by atoms with Gasteiger partial charge in [-0.2, -0.15) is 6.42 Å². The normalized spacial score (nSPS) is 7.95. The Bertz CT molecular complexity index is 182. The Morgan fingerprint density at radius 2 is 1.47 bits per heavy atom. The summed E-state index contributed by atoms with van der Waals surface area (Å²) in [5, 5.41) is 0. The third-order valence-corrected chi connectivity index (χ3v) is 1.92. The molecule has 0 aromatic rings. The minimum absolute atomic E-state index is 0. The van der Waals surface area contributed by atoms with Gasteiger partial charge in [-0.25, -0.2) is 0 Å². The van der Waals surface area contributed by atoms with Crippen molar-refractivity contribution in [3.05, 3.63) is 11.7 Å². The van der Waals surface area contributed by atoms with Crippen molar-refractivity contribution in [2.45, 2.75) is 34.1 Å². The van der Waals surface area contributed by atoms with Crippen molar-refractivity contribution in [2.75, 3.05) is 13.2 Å². The van der Waals surface area contributed by atoms with Crippen LogP contribution in [0.4, 0.5) is 0 Å². The minimum Gasteiger partial charge on any atom is -0.675 e. The van der Waals surface area contributed by atoms with Gasteiger partial charge in [0.25, 0.3) is 0 Å². The van der Waals surface area contributed by atoms with E-state index < -0.39 is 0 Å². The second-order valence-electron chi connectivity index (χ2n) is 4.16. The summed E-state index contributed by atoms with van der Waals surface area (Å²) in [7, 11) is 0. The number of nitrogens with one attached hydrogen (secondary N) is 1. The van der Waals surface area contributed by atoms with Gasteiger partial charge in [-0.15, -0.1) is 12.5 Å². The third-order valence-electron chi connectivity index (χ3n) is 1.92. The molecule has 5 radical (unpaired) electrons. The maximum Gasteiger partial charge on any atom is 0.169 e. The predicted molar refractivity (Wildman–Crippen MR) is 57.7 cm³/mol. The van der Waals surface area contributed by atoms with Crippen molar-refractivity contribution in [2.24, 2.45) is 11.8 Å². The summed E-state index contributed by atoms with van der Waals surface area (Å²) < 4.78 is 4.95. The smallest absolute Gasteiger partial charge is 0.169 e. The number of ether oxygens (including phenoxy) is 1. The van der Waals surface area contributed by atoms with Crippen molar-refractivity contribution < 1.29 is 173 Å². The van der Waals surface area contributed by atoms with Crippen LogP contribution >= 0.6 is 0 Å². The van der Waals surface area contributed by atoms with Crippen molar-refractivity contribution in [1.82, 2.24) is 0 Å². The summed E-state index contributed by atoms with van der Waals surface area (Å²) >= 11 is 0. The molecular formula is C11H21NO2Y5-2.